The first-order valence-electron chi connectivity index (χ1n) is 9.08. The summed E-state index contributed by atoms with van der Waals surface area (Å²) in [5.41, 5.74) is 2.00. The Morgan fingerprint density at radius 3 is 2.80 bits per heavy atom. The van der Waals surface area contributed by atoms with Crippen molar-refractivity contribution in [2.24, 2.45) is 0 Å². The number of rotatable bonds is 5. The van der Waals surface area contributed by atoms with Crippen LogP contribution in [0, 0.1) is 0 Å². The minimum absolute atomic E-state index is 0.250. The monoisotopic (exact) mass is 336 g/mol. The van der Waals surface area contributed by atoms with E-state index in [1.807, 2.05) is 10.9 Å². The van der Waals surface area contributed by atoms with Crippen LogP contribution < -0.4 is 0 Å². The number of aliphatic hydroxyl groups is 1. The number of aromatic nitrogens is 3. The van der Waals surface area contributed by atoms with Gasteiger partial charge in [-0.1, -0.05) is 48.0 Å². The van der Waals surface area contributed by atoms with Crippen molar-refractivity contribution in [1.82, 2.24) is 19.9 Å². The molecule has 2 aromatic carbocycles. The summed E-state index contributed by atoms with van der Waals surface area (Å²) < 4.78 is 1.91. The second-order valence-electron chi connectivity index (χ2n) is 6.80. The van der Waals surface area contributed by atoms with Gasteiger partial charge in [-0.15, -0.1) is 5.10 Å². The highest BCUT2D eigenvalue weighted by atomic mass is 16.3. The number of fused-ring (bicyclic) bond motifs is 1. The van der Waals surface area contributed by atoms with E-state index in [0.29, 0.717) is 6.04 Å². The average Bonchev–Trinajstić information content (AvgIpc) is 3.15. The van der Waals surface area contributed by atoms with Crippen LogP contribution in [0.1, 0.15) is 19.3 Å². The van der Waals surface area contributed by atoms with Gasteiger partial charge in [0.2, 0.25) is 0 Å². The van der Waals surface area contributed by atoms with Crippen molar-refractivity contribution in [3.8, 4) is 11.3 Å². The fourth-order valence-electron chi connectivity index (χ4n) is 3.68. The number of hydrogen-bond donors (Lipinski definition) is 1. The molecule has 0 amide bonds. The van der Waals surface area contributed by atoms with Crippen molar-refractivity contribution in [1.29, 1.82) is 0 Å². The quantitative estimate of drug-likeness (QED) is 0.778. The van der Waals surface area contributed by atoms with Gasteiger partial charge in [-0.25, -0.2) is 0 Å². The molecule has 0 aliphatic carbocycles. The van der Waals surface area contributed by atoms with Gasteiger partial charge in [0.05, 0.1) is 19.3 Å². The Hall–Kier alpha value is -2.24. The molecule has 5 nitrogen and oxygen atoms in total. The zero-order valence-corrected chi connectivity index (χ0v) is 14.4. The first kappa shape index (κ1) is 16.2. The van der Waals surface area contributed by atoms with E-state index in [2.05, 4.69) is 57.7 Å². The summed E-state index contributed by atoms with van der Waals surface area (Å²) >= 11 is 0. The molecule has 1 N–H and O–H groups in total. The predicted octanol–water partition coefficient (Wildman–Crippen LogP) is 2.95. The average molecular weight is 336 g/mol. The lowest BCUT2D eigenvalue weighted by atomic mass is 10.0. The third-order valence-electron chi connectivity index (χ3n) is 5.16. The zero-order chi connectivity index (χ0) is 17.1. The number of benzene rings is 2. The van der Waals surface area contributed by atoms with Crippen molar-refractivity contribution >= 4 is 10.8 Å². The molecule has 3 aromatic rings. The molecule has 4 rings (SSSR count). The van der Waals surface area contributed by atoms with Crippen LogP contribution in [0.25, 0.3) is 22.0 Å². The van der Waals surface area contributed by atoms with E-state index in [-0.39, 0.29) is 6.61 Å². The van der Waals surface area contributed by atoms with E-state index in [4.69, 9.17) is 0 Å². The molecule has 25 heavy (non-hydrogen) atoms. The molecular weight excluding hydrogens is 312 g/mol. The van der Waals surface area contributed by atoms with Gasteiger partial charge in [0.15, 0.2) is 0 Å². The van der Waals surface area contributed by atoms with Gasteiger partial charge in [0.1, 0.15) is 5.69 Å². The van der Waals surface area contributed by atoms with E-state index in [0.717, 1.165) is 37.3 Å². The summed E-state index contributed by atoms with van der Waals surface area (Å²) in [6.07, 6.45) is 5.55. The Kier molecular flexibility index (Phi) is 4.76. The first-order valence-corrected chi connectivity index (χ1v) is 9.08. The molecule has 0 bridgehead atoms. The molecule has 1 aromatic heterocycles. The van der Waals surface area contributed by atoms with Crippen molar-refractivity contribution in [3.63, 3.8) is 0 Å². The number of likely N-dealkylation sites (tertiary alicyclic amines) is 1. The number of hydrogen-bond acceptors (Lipinski definition) is 4. The zero-order valence-electron chi connectivity index (χ0n) is 14.4. The molecule has 1 aliphatic rings. The molecule has 1 atom stereocenters. The van der Waals surface area contributed by atoms with Crippen LogP contribution in [-0.2, 0) is 6.54 Å². The molecule has 0 radical (unpaired) electrons. The predicted molar refractivity (Wildman–Crippen MR) is 99.3 cm³/mol. The molecule has 2 heterocycles. The van der Waals surface area contributed by atoms with Crippen LogP contribution in [0.5, 0.6) is 0 Å². The Labute approximate surface area is 147 Å². The summed E-state index contributed by atoms with van der Waals surface area (Å²) in [6, 6.07) is 15.0. The lowest BCUT2D eigenvalue weighted by Crippen LogP contribution is -2.43. The third-order valence-corrected chi connectivity index (χ3v) is 5.16. The van der Waals surface area contributed by atoms with Gasteiger partial charge < -0.3 is 5.11 Å². The fraction of sp³-hybridized carbons (Fsp3) is 0.400. The summed E-state index contributed by atoms with van der Waals surface area (Å²) in [6.45, 7) is 3.03. The van der Waals surface area contributed by atoms with Gasteiger partial charge in [0, 0.05) is 18.2 Å². The van der Waals surface area contributed by atoms with E-state index >= 15 is 0 Å². The topological polar surface area (TPSA) is 54.2 Å². The minimum atomic E-state index is 0.250. The Morgan fingerprint density at radius 2 is 1.92 bits per heavy atom. The first-order chi connectivity index (χ1) is 12.3. The van der Waals surface area contributed by atoms with Crippen molar-refractivity contribution in [2.45, 2.75) is 31.8 Å². The van der Waals surface area contributed by atoms with E-state index in [1.54, 1.807) is 0 Å². The van der Waals surface area contributed by atoms with Crippen molar-refractivity contribution in [2.75, 3.05) is 19.7 Å². The molecule has 1 saturated heterocycles. The maximum absolute atomic E-state index is 9.52. The second-order valence-corrected chi connectivity index (χ2v) is 6.80. The normalized spacial score (nSPS) is 18.7. The Balaban J connectivity index is 1.46. The maximum Gasteiger partial charge on any atom is 0.113 e. The van der Waals surface area contributed by atoms with E-state index in [9.17, 15) is 5.11 Å². The maximum atomic E-state index is 9.52. The molecule has 1 fully saturated rings. The smallest absolute Gasteiger partial charge is 0.113 e. The van der Waals surface area contributed by atoms with E-state index < -0.39 is 0 Å². The Morgan fingerprint density at radius 1 is 1.04 bits per heavy atom. The van der Waals surface area contributed by atoms with Crippen LogP contribution in [0.4, 0.5) is 0 Å². The Bertz CT molecular complexity index is 844. The molecule has 0 spiro atoms. The minimum Gasteiger partial charge on any atom is -0.395 e. The van der Waals surface area contributed by atoms with Crippen LogP contribution in [0.15, 0.2) is 48.7 Å². The third kappa shape index (κ3) is 3.57. The molecule has 1 aliphatic heterocycles. The van der Waals surface area contributed by atoms with Crippen LogP contribution >= 0.6 is 0 Å². The van der Waals surface area contributed by atoms with Gasteiger partial charge in [-0.3, -0.25) is 9.58 Å². The van der Waals surface area contributed by atoms with Crippen LogP contribution in [0.2, 0.25) is 0 Å². The summed E-state index contributed by atoms with van der Waals surface area (Å²) in [5, 5.41) is 20.6. The summed E-state index contributed by atoms with van der Waals surface area (Å²) in [5.74, 6) is 0. The molecule has 5 heteroatoms. The van der Waals surface area contributed by atoms with Crippen molar-refractivity contribution < 1.29 is 5.11 Å². The highest BCUT2D eigenvalue weighted by Gasteiger charge is 2.21. The number of piperidine rings is 1. The van der Waals surface area contributed by atoms with Crippen LogP contribution in [0.3, 0.4) is 0 Å². The largest absolute Gasteiger partial charge is 0.395 e. The fourth-order valence-corrected chi connectivity index (χ4v) is 3.68. The molecule has 0 saturated carbocycles. The van der Waals surface area contributed by atoms with Crippen LogP contribution in [-0.4, -0.2) is 50.7 Å². The number of nitrogens with zero attached hydrogens (tertiary/aromatic N) is 4. The molecule has 130 valence electrons. The van der Waals surface area contributed by atoms with E-state index in [1.165, 1.54) is 23.6 Å². The van der Waals surface area contributed by atoms with Gasteiger partial charge in [0.25, 0.3) is 0 Å². The summed E-state index contributed by atoms with van der Waals surface area (Å²) in [7, 11) is 0. The van der Waals surface area contributed by atoms with Gasteiger partial charge in [-0.05, 0) is 36.2 Å². The van der Waals surface area contributed by atoms with Gasteiger partial charge >= 0.3 is 0 Å². The lowest BCUT2D eigenvalue weighted by molar-refractivity contribution is 0.0861. The molecule has 0 unspecified atom stereocenters. The number of aliphatic hydroxyl groups excluding tert-OH is 1. The summed E-state index contributed by atoms with van der Waals surface area (Å²) in [4.78, 5) is 2.38. The highest BCUT2D eigenvalue weighted by Crippen LogP contribution is 2.22. The highest BCUT2D eigenvalue weighted by molar-refractivity contribution is 5.86. The van der Waals surface area contributed by atoms with Gasteiger partial charge in [-0.2, -0.15) is 0 Å². The molecular formula is C20H24N4O. The lowest BCUT2D eigenvalue weighted by Gasteiger charge is -2.34. The second kappa shape index (κ2) is 7.33. The SMILES string of the molecule is OC[C@@H]1CCCCN1CCn1cc(-c2ccc3ccccc3c2)nn1. The van der Waals surface area contributed by atoms with Crippen molar-refractivity contribution in [3.05, 3.63) is 48.7 Å². The standard InChI is InChI=1S/C20H24N4O/c25-15-19-7-3-4-10-23(19)11-12-24-14-20(21-22-24)18-9-8-16-5-1-2-6-17(16)13-18/h1-2,5-6,8-9,13-14,19,25H,3-4,7,10-12,15H2/t19-/m0/s1.